The summed E-state index contributed by atoms with van der Waals surface area (Å²) in [4.78, 5) is 11.9. The second kappa shape index (κ2) is 5.48. The molecule has 2 aliphatic heterocycles. The Kier molecular flexibility index (Phi) is 3.67. The largest absolute Gasteiger partial charge is 0.507 e. The number of phenols is 1. The Hall–Kier alpha value is -1.89. The average molecular weight is 310 g/mol. The first kappa shape index (κ1) is 14.1. The van der Waals surface area contributed by atoms with Gasteiger partial charge in [0, 0.05) is 0 Å². The molecule has 0 fully saturated rings. The Morgan fingerprint density at radius 3 is 2.95 bits per heavy atom. The normalized spacial score (nSPS) is 24.8. The van der Waals surface area contributed by atoms with Crippen LogP contribution in [0.5, 0.6) is 5.75 Å². The number of carbonyl (C=O) groups is 1. The molecule has 2 atom stereocenters. The lowest BCUT2D eigenvalue weighted by Crippen LogP contribution is -2.50. The number of rotatable bonds is 2. The van der Waals surface area contributed by atoms with Gasteiger partial charge in [-0.05, 0) is 31.2 Å². The summed E-state index contributed by atoms with van der Waals surface area (Å²) >= 11 is 1.43. The number of nitrogens with one attached hydrogen (secondary N) is 2. The van der Waals surface area contributed by atoms with E-state index < -0.39 is 11.9 Å². The van der Waals surface area contributed by atoms with Crippen molar-refractivity contribution >= 4 is 17.7 Å². The fourth-order valence-corrected chi connectivity index (χ4v) is 2.98. The van der Waals surface area contributed by atoms with Crippen LogP contribution in [-0.4, -0.2) is 22.8 Å². The summed E-state index contributed by atoms with van der Waals surface area (Å²) < 4.78 is 19.7. The topological polar surface area (TPSA) is 70.6 Å². The molecule has 1 aromatic carbocycles. The highest BCUT2D eigenvalue weighted by molar-refractivity contribution is 7.99. The average Bonchev–Trinajstić information content (AvgIpc) is 2.46. The number of amides is 1. The molecule has 0 bridgehead atoms. The van der Waals surface area contributed by atoms with Crippen molar-refractivity contribution in [3.63, 3.8) is 0 Å². The van der Waals surface area contributed by atoms with E-state index in [1.54, 1.807) is 0 Å². The number of phenolic OH excluding ortho intramolecular Hbond substituents is 1. The lowest BCUT2D eigenvalue weighted by molar-refractivity contribution is -0.119. The Labute approximate surface area is 125 Å². The van der Waals surface area contributed by atoms with E-state index in [1.165, 1.54) is 30.0 Å². The SMILES string of the molecule is CSC1NC(=O)C2=C(N1)OC(c1c(O)cccc1F)CC2. The number of hydrogen-bond donors (Lipinski definition) is 3. The molecule has 1 amide bonds. The highest BCUT2D eigenvalue weighted by Crippen LogP contribution is 2.39. The second-order valence-corrected chi connectivity index (χ2v) is 5.80. The summed E-state index contributed by atoms with van der Waals surface area (Å²) in [6.45, 7) is 0. The minimum atomic E-state index is -0.606. The lowest BCUT2D eigenvalue weighted by Gasteiger charge is -2.34. The molecular formula is C14H15FN2O3S. The standard InChI is InChI=1S/C14H15FN2O3S/c1-21-14-16-12(19)7-5-6-10(20-13(7)17-14)11-8(15)3-2-4-9(11)18/h2-4,10,14,17-18H,5-6H2,1H3,(H,16,19). The van der Waals surface area contributed by atoms with Crippen LogP contribution < -0.4 is 10.6 Å². The van der Waals surface area contributed by atoms with E-state index in [9.17, 15) is 14.3 Å². The first-order valence-corrected chi connectivity index (χ1v) is 7.86. The number of hydrogen-bond acceptors (Lipinski definition) is 5. The van der Waals surface area contributed by atoms with Crippen molar-refractivity contribution in [2.75, 3.05) is 6.26 Å². The molecule has 21 heavy (non-hydrogen) atoms. The monoisotopic (exact) mass is 310 g/mol. The zero-order valence-corrected chi connectivity index (χ0v) is 12.2. The van der Waals surface area contributed by atoms with Gasteiger partial charge in [-0.2, -0.15) is 0 Å². The zero-order chi connectivity index (χ0) is 15.0. The number of halogens is 1. The Morgan fingerprint density at radius 2 is 2.24 bits per heavy atom. The predicted molar refractivity (Wildman–Crippen MR) is 76.7 cm³/mol. The molecule has 112 valence electrons. The molecule has 0 radical (unpaired) electrons. The molecule has 0 saturated heterocycles. The predicted octanol–water partition coefficient (Wildman–Crippen LogP) is 1.96. The molecule has 1 aromatic rings. The van der Waals surface area contributed by atoms with Crippen molar-refractivity contribution in [2.24, 2.45) is 0 Å². The van der Waals surface area contributed by atoms with Crippen LogP contribution in [0.3, 0.4) is 0 Å². The maximum absolute atomic E-state index is 13.9. The van der Waals surface area contributed by atoms with Crippen molar-refractivity contribution < 1.29 is 19.0 Å². The molecular weight excluding hydrogens is 295 g/mol. The van der Waals surface area contributed by atoms with E-state index in [2.05, 4.69) is 10.6 Å². The van der Waals surface area contributed by atoms with Gasteiger partial charge in [0.1, 0.15) is 23.2 Å². The van der Waals surface area contributed by atoms with E-state index in [0.29, 0.717) is 24.3 Å². The molecule has 0 saturated carbocycles. The van der Waals surface area contributed by atoms with Crippen molar-refractivity contribution in [2.45, 2.75) is 24.4 Å². The smallest absolute Gasteiger partial charge is 0.254 e. The quantitative estimate of drug-likeness (QED) is 0.779. The van der Waals surface area contributed by atoms with Crippen LogP contribution >= 0.6 is 11.8 Å². The van der Waals surface area contributed by atoms with Gasteiger partial charge in [0.05, 0.1) is 11.1 Å². The maximum atomic E-state index is 13.9. The molecule has 2 unspecified atom stereocenters. The number of benzene rings is 1. The van der Waals surface area contributed by atoms with Gasteiger partial charge in [-0.25, -0.2) is 4.39 Å². The third-order valence-electron chi connectivity index (χ3n) is 3.58. The van der Waals surface area contributed by atoms with Gasteiger partial charge >= 0.3 is 0 Å². The maximum Gasteiger partial charge on any atom is 0.254 e. The molecule has 0 aromatic heterocycles. The van der Waals surface area contributed by atoms with Crippen LogP contribution in [0.4, 0.5) is 4.39 Å². The molecule has 7 heteroatoms. The second-order valence-electron chi connectivity index (χ2n) is 4.86. The first-order valence-electron chi connectivity index (χ1n) is 6.57. The Bertz CT molecular complexity index is 600. The van der Waals surface area contributed by atoms with Gasteiger partial charge in [-0.15, -0.1) is 11.8 Å². The van der Waals surface area contributed by atoms with Crippen molar-refractivity contribution in [1.29, 1.82) is 0 Å². The van der Waals surface area contributed by atoms with Gasteiger partial charge in [0.15, 0.2) is 5.88 Å². The molecule has 0 spiro atoms. The third kappa shape index (κ3) is 2.53. The number of carbonyl (C=O) groups excluding carboxylic acids is 1. The summed E-state index contributed by atoms with van der Waals surface area (Å²) in [5, 5.41) is 15.7. The summed E-state index contributed by atoms with van der Waals surface area (Å²) in [5.41, 5.74) is 0.397. The molecule has 2 aliphatic rings. The van der Waals surface area contributed by atoms with Gasteiger partial charge in [0.25, 0.3) is 5.91 Å². The summed E-state index contributed by atoms with van der Waals surface area (Å²) in [6, 6.07) is 4.16. The Balaban J connectivity index is 1.89. The lowest BCUT2D eigenvalue weighted by atomic mass is 9.97. The van der Waals surface area contributed by atoms with E-state index >= 15 is 0 Å². The van der Waals surface area contributed by atoms with Crippen molar-refractivity contribution in [3.05, 3.63) is 41.0 Å². The molecule has 3 N–H and O–H groups in total. The first-order chi connectivity index (χ1) is 10.1. The van der Waals surface area contributed by atoms with E-state index in [0.717, 1.165) is 0 Å². The van der Waals surface area contributed by atoms with Crippen molar-refractivity contribution in [1.82, 2.24) is 10.6 Å². The van der Waals surface area contributed by atoms with Crippen LogP contribution in [0.25, 0.3) is 0 Å². The number of thioether (sulfide) groups is 1. The minimum absolute atomic E-state index is 0.134. The fraction of sp³-hybridized carbons (Fsp3) is 0.357. The van der Waals surface area contributed by atoms with Crippen molar-refractivity contribution in [3.8, 4) is 5.75 Å². The highest BCUT2D eigenvalue weighted by Gasteiger charge is 2.34. The summed E-state index contributed by atoms with van der Waals surface area (Å²) in [6.07, 6.45) is 2.15. The zero-order valence-electron chi connectivity index (χ0n) is 11.4. The van der Waals surface area contributed by atoms with Crippen LogP contribution in [0.1, 0.15) is 24.5 Å². The fourth-order valence-electron chi connectivity index (χ4n) is 2.53. The van der Waals surface area contributed by atoms with Crippen LogP contribution in [0.15, 0.2) is 29.7 Å². The van der Waals surface area contributed by atoms with Gasteiger partial charge in [-0.3, -0.25) is 4.79 Å². The third-order valence-corrected chi connectivity index (χ3v) is 4.28. The minimum Gasteiger partial charge on any atom is -0.507 e. The summed E-state index contributed by atoms with van der Waals surface area (Å²) in [5.74, 6) is -0.437. The van der Waals surface area contributed by atoms with E-state index in [-0.39, 0.29) is 22.7 Å². The van der Waals surface area contributed by atoms with E-state index in [4.69, 9.17) is 4.74 Å². The van der Waals surface area contributed by atoms with Crippen LogP contribution in [-0.2, 0) is 9.53 Å². The van der Waals surface area contributed by atoms with Crippen LogP contribution in [0, 0.1) is 5.82 Å². The van der Waals surface area contributed by atoms with Gasteiger partial charge in [0.2, 0.25) is 0 Å². The molecule has 0 aliphatic carbocycles. The van der Waals surface area contributed by atoms with Crippen LogP contribution in [0.2, 0.25) is 0 Å². The van der Waals surface area contributed by atoms with E-state index in [1.807, 2.05) is 6.26 Å². The van der Waals surface area contributed by atoms with Gasteiger partial charge < -0.3 is 20.5 Å². The summed E-state index contributed by atoms with van der Waals surface area (Å²) in [7, 11) is 0. The number of aromatic hydroxyl groups is 1. The molecule has 5 nitrogen and oxygen atoms in total. The highest BCUT2D eigenvalue weighted by atomic mass is 32.2. The molecule has 2 heterocycles. The molecule has 3 rings (SSSR count). The Morgan fingerprint density at radius 1 is 1.43 bits per heavy atom. The number of ether oxygens (including phenoxy) is 1. The van der Waals surface area contributed by atoms with Gasteiger partial charge in [-0.1, -0.05) is 6.07 Å².